The van der Waals surface area contributed by atoms with Gasteiger partial charge in [0.25, 0.3) is 0 Å². The maximum Gasteiger partial charge on any atom is 0.321 e. The van der Waals surface area contributed by atoms with E-state index in [-0.39, 0.29) is 5.97 Å². The molecule has 0 fully saturated rings. The Hall–Kier alpha value is -0.440. The van der Waals surface area contributed by atoms with Crippen LogP contribution in [0.1, 0.15) is 20.8 Å². The second kappa shape index (κ2) is 5.25. The third-order valence-electron chi connectivity index (χ3n) is 1.33. The molecule has 2 nitrogen and oxygen atoms in total. The summed E-state index contributed by atoms with van der Waals surface area (Å²) in [6.07, 6.45) is 1.78. The van der Waals surface area contributed by atoms with Crippen LogP contribution in [0.3, 0.4) is 0 Å². The second-order valence-electron chi connectivity index (χ2n) is 2.83. The Balaban J connectivity index is 3.98. The maximum atomic E-state index is 11.3. The Morgan fingerprint density at radius 1 is 1.67 bits per heavy atom. The number of thioether (sulfide) groups is 1. The molecule has 0 bridgehead atoms. The highest BCUT2D eigenvalue weighted by Crippen LogP contribution is 2.25. The number of rotatable bonds is 5. The highest BCUT2D eigenvalue weighted by atomic mass is 32.2. The van der Waals surface area contributed by atoms with Crippen molar-refractivity contribution in [1.29, 1.82) is 0 Å². The molecule has 3 heteroatoms. The average Bonchev–Trinajstić information content (AvgIpc) is 2.01. The predicted octanol–water partition coefficient (Wildman–Crippen LogP) is 2.25. The van der Waals surface area contributed by atoms with E-state index in [9.17, 15) is 4.79 Å². The van der Waals surface area contributed by atoms with Crippen molar-refractivity contribution >= 4 is 17.7 Å². The fourth-order valence-corrected chi connectivity index (χ4v) is 1.34. The molecule has 0 saturated heterocycles. The van der Waals surface area contributed by atoms with E-state index in [2.05, 4.69) is 6.58 Å². The highest BCUT2D eigenvalue weighted by Gasteiger charge is 2.28. The summed E-state index contributed by atoms with van der Waals surface area (Å²) in [5.41, 5.74) is 0. The molecule has 0 aliphatic heterocycles. The molecule has 70 valence electrons. The van der Waals surface area contributed by atoms with Gasteiger partial charge < -0.3 is 4.74 Å². The topological polar surface area (TPSA) is 26.3 Å². The van der Waals surface area contributed by atoms with Crippen LogP contribution in [-0.2, 0) is 9.53 Å². The molecule has 0 atom stereocenters. The van der Waals surface area contributed by atoms with Crippen molar-refractivity contribution < 1.29 is 9.53 Å². The molecular weight excluding hydrogens is 172 g/mol. The van der Waals surface area contributed by atoms with Gasteiger partial charge in [0.1, 0.15) is 4.75 Å². The van der Waals surface area contributed by atoms with Gasteiger partial charge in [0.05, 0.1) is 6.61 Å². The lowest BCUT2D eigenvalue weighted by Crippen LogP contribution is -2.30. The van der Waals surface area contributed by atoms with E-state index in [1.54, 1.807) is 6.08 Å². The van der Waals surface area contributed by atoms with Crippen molar-refractivity contribution in [2.24, 2.45) is 0 Å². The molecule has 0 aliphatic carbocycles. The molecule has 0 spiro atoms. The number of esters is 1. The molecule has 0 radical (unpaired) electrons. The smallest absolute Gasteiger partial charge is 0.321 e. The zero-order valence-electron chi connectivity index (χ0n) is 7.92. The van der Waals surface area contributed by atoms with E-state index < -0.39 is 4.75 Å². The van der Waals surface area contributed by atoms with Gasteiger partial charge >= 0.3 is 5.97 Å². The minimum Gasteiger partial charge on any atom is -0.465 e. The summed E-state index contributed by atoms with van der Waals surface area (Å²) in [5.74, 6) is 0.614. The standard InChI is InChI=1S/C9H16O2S/c1-5-7-12-9(3,4)8(10)11-6-2/h5H,1,6-7H2,2-4H3. The van der Waals surface area contributed by atoms with Gasteiger partial charge in [0, 0.05) is 5.75 Å². The normalized spacial score (nSPS) is 10.9. The molecule has 0 aromatic rings. The Bertz CT molecular complexity index is 164. The molecule has 0 unspecified atom stereocenters. The second-order valence-corrected chi connectivity index (χ2v) is 4.47. The van der Waals surface area contributed by atoms with Crippen LogP contribution in [0, 0.1) is 0 Å². The molecule has 0 rings (SSSR count). The summed E-state index contributed by atoms with van der Waals surface area (Å²) in [5, 5.41) is 0. The fourth-order valence-electron chi connectivity index (χ4n) is 0.631. The van der Waals surface area contributed by atoms with Crippen molar-refractivity contribution in [3.05, 3.63) is 12.7 Å². The highest BCUT2D eigenvalue weighted by molar-refractivity contribution is 8.01. The first-order valence-corrected chi connectivity index (χ1v) is 4.95. The average molecular weight is 188 g/mol. The van der Waals surface area contributed by atoms with Crippen LogP contribution in [0.15, 0.2) is 12.7 Å². The summed E-state index contributed by atoms with van der Waals surface area (Å²) in [4.78, 5) is 11.3. The minimum atomic E-state index is -0.454. The van der Waals surface area contributed by atoms with Crippen LogP contribution in [0.2, 0.25) is 0 Å². The minimum absolute atomic E-state index is 0.156. The lowest BCUT2D eigenvalue weighted by Gasteiger charge is -2.20. The fraction of sp³-hybridized carbons (Fsp3) is 0.667. The van der Waals surface area contributed by atoms with Crippen LogP contribution in [0.4, 0.5) is 0 Å². The zero-order valence-corrected chi connectivity index (χ0v) is 8.74. The SMILES string of the molecule is C=CCSC(C)(C)C(=O)OCC. The van der Waals surface area contributed by atoms with Gasteiger partial charge in [-0.05, 0) is 20.8 Å². The summed E-state index contributed by atoms with van der Waals surface area (Å²) in [6.45, 7) is 9.57. The van der Waals surface area contributed by atoms with Crippen molar-refractivity contribution in [2.45, 2.75) is 25.5 Å². The largest absolute Gasteiger partial charge is 0.465 e. The summed E-state index contributed by atoms with van der Waals surface area (Å²) in [6, 6.07) is 0. The third-order valence-corrected chi connectivity index (χ3v) is 2.62. The van der Waals surface area contributed by atoms with E-state index in [1.165, 1.54) is 11.8 Å². The molecular formula is C9H16O2S. The van der Waals surface area contributed by atoms with Gasteiger partial charge in [-0.1, -0.05) is 6.08 Å². The lowest BCUT2D eigenvalue weighted by atomic mass is 10.2. The number of hydrogen-bond donors (Lipinski definition) is 0. The number of ether oxygens (including phenoxy) is 1. The Kier molecular flexibility index (Phi) is 5.06. The van der Waals surface area contributed by atoms with Gasteiger partial charge in [0.2, 0.25) is 0 Å². The van der Waals surface area contributed by atoms with Gasteiger partial charge in [0.15, 0.2) is 0 Å². The maximum absolute atomic E-state index is 11.3. The zero-order chi connectivity index (χ0) is 9.61. The van der Waals surface area contributed by atoms with Crippen molar-refractivity contribution in [2.75, 3.05) is 12.4 Å². The number of hydrogen-bond acceptors (Lipinski definition) is 3. The first-order chi connectivity index (χ1) is 5.54. The molecule has 0 amide bonds. The molecule has 0 aliphatic rings. The molecule has 12 heavy (non-hydrogen) atoms. The summed E-state index contributed by atoms with van der Waals surface area (Å²) in [7, 11) is 0. The van der Waals surface area contributed by atoms with Gasteiger partial charge in [-0.25, -0.2) is 0 Å². The van der Waals surface area contributed by atoms with Crippen molar-refractivity contribution in [1.82, 2.24) is 0 Å². The van der Waals surface area contributed by atoms with Gasteiger partial charge in [-0.3, -0.25) is 4.79 Å². The molecule has 0 aromatic heterocycles. The van der Waals surface area contributed by atoms with E-state index in [0.29, 0.717) is 6.61 Å². The van der Waals surface area contributed by atoms with Crippen LogP contribution in [0.25, 0.3) is 0 Å². The lowest BCUT2D eigenvalue weighted by molar-refractivity contribution is -0.145. The number of carbonyl (C=O) groups excluding carboxylic acids is 1. The van der Waals surface area contributed by atoms with E-state index in [4.69, 9.17) is 4.74 Å². The molecule has 0 heterocycles. The van der Waals surface area contributed by atoms with E-state index >= 15 is 0 Å². The van der Waals surface area contributed by atoms with Crippen LogP contribution in [-0.4, -0.2) is 23.1 Å². The van der Waals surface area contributed by atoms with Crippen LogP contribution in [0.5, 0.6) is 0 Å². The molecule has 0 saturated carbocycles. The van der Waals surface area contributed by atoms with Gasteiger partial charge in [-0.15, -0.1) is 18.3 Å². The van der Waals surface area contributed by atoms with Crippen molar-refractivity contribution in [3.8, 4) is 0 Å². The molecule has 0 aromatic carbocycles. The Labute approximate surface area is 78.4 Å². The quantitative estimate of drug-likeness (QED) is 0.489. The Morgan fingerprint density at radius 3 is 2.67 bits per heavy atom. The van der Waals surface area contributed by atoms with Gasteiger partial charge in [-0.2, -0.15) is 0 Å². The van der Waals surface area contributed by atoms with Crippen LogP contribution < -0.4 is 0 Å². The monoisotopic (exact) mass is 188 g/mol. The first kappa shape index (κ1) is 11.6. The third kappa shape index (κ3) is 3.81. The Morgan fingerprint density at radius 2 is 2.25 bits per heavy atom. The van der Waals surface area contributed by atoms with Crippen molar-refractivity contribution in [3.63, 3.8) is 0 Å². The van der Waals surface area contributed by atoms with E-state index in [0.717, 1.165) is 5.75 Å². The summed E-state index contributed by atoms with van der Waals surface area (Å²) < 4.78 is 4.46. The first-order valence-electron chi connectivity index (χ1n) is 3.96. The summed E-state index contributed by atoms with van der Waals surface area (Å²) >= 11 is 1.53. The van der Waals surface area contributed by atoms with Crippen LogP contribution >= 0.6 is 11.8 Å². The van der Waals surface area contributed by atoms with E-state index in [1.807, 2.05) is 20.8 Å². The predicted molar refractivity (Wildman–Crippen MR) is 53.4 cm³/mol. The molecule has 0 N–H and O–H groups in total. The number of carbonyl (C=O) groups is 1.